The maximum atomic E-state index is 14.1. The summed E-state index contributed by atoms with van der Waals surface area (Å²) in [6.07, 6.45) is 1.56. The second-order valence-electron chi connectivity index (χ2n) is 6.55. The summed E-state index contributed by atoms with van der Waals surface area (Å²) in [6.45, 7) is -0.172. The molecule has 0 aliphatic rings. The third-order valence-corrected chi connectivity index (χ3v) is 5.55. The highest BCUT2D eigenvalue weighted by atomic mass is 35.5. The molecule has 156 valence electrons. The smallest absolute Gasteiger partial charge is 0.225 e. The van der Waals surface area contributed by atoms with Crippen molar-refractivity contribution in [2.24, 2.45) is 0 Å². The Bertz CT molecular complexity index is 1250. The summed E-state index contributed by atoms with van der Waals surface area (Å²) in [4.78, 5) is 8.92. The van der Waals surface area contributed by atoms with Gasteiger partial charge in [-0.2, -0.15) is 4.98 Å². The fraction of sp³-hybridized carbons (Fsp3) is 0.0435. The van der Waals surface area contributed by atoms with E-state index in [1.807, 2.05) is 0 Å². The van der Waals surface area contributed by atoms with Crippen molar-refractivity contribution in [1.29, 1.82) is 0 Å². The Morgan fingerprint density at radius 1 is 0.871 bits per heavy atom. The zero-order valence-electron chi connectivity index (χ0n) is 15.8. The lowest BCUT2D eigenvalue weighted by Crippen LogP contribution is -2.04. The fourth-order valence-electron chi connectivity index (χ4n) is 2.90. The average Bonchev–Trinajstić information content (AvgIpc) is 2.76. The van der Waals surface area contributed by atoms with Crippen molar-refractivity contribution < 1.29 is 13.5 Å². The maximum Gasteiger partial charge on any atom is 0.225 e. The lowest BCUT2D eigenvalue weighted by atomic mass is 10.1. The largest absolute Gasteiger partial charge is 0.472 e. The van der Waals surface area contributed by atoms with Crippen LogP contribution < -0.4 is 4.74 Å². The van der Waals surface area contributed by atoms with Gasteiger partial charge >= 0.3 is 0 Å². The summed E-state index contributed by atoms with van der Waals surface area (Å²) in [7, 11) is 0. The van der Waals surface area contributed by atoms with Gasteiger partial charge in [0.05, 0.1) is 15.6 Å². The van der Waals surface area contributed by atoms with E-state index < -0.39 is 11.6 Å². The number of rotatable bonds is 5. The van der Waals surface area contributed by atoms with Crippen LogP contribution in [0.25, 0.3) is 22.5 Å². The molecule has 0 saturated heterocycles. The quantitative estimate of drug-likeness (QED) is 0.296. The Labute approximate surface area is 192 Å². The van der Waals surface area contributed by atoms with Crippen LogP contribution >= 0.6 is 34.8 Å². The predicted octanol–water partition coefficient (Wildman–Crippen LogP) is 7.63. The first kappa shape index (κ1) is 21.5. The molecule has 1 heterocycles. The highest BCUT2D eigenvalue weighted by molar-refractivity contribution is 6.43. The summed E-state index contributed by atoms with van der Waals surface area (Å²) in [5, 5.41) is 1.25. The summed E-state index contributed by atoms with van der Waals surface area (Å²) in [5.41, 5.74) is 1.93. The molecule has 0 aliphatic carbocycles. The van der Waals surface area contributed by atoms with Gasteiger partial charge in [0, 0.05) is 34.0 Å². The number of halogens is 5. The third-order valence-electron chi connectivity index (χ3n) is 4.48. The molecule has 0 aliphatic heterocycles. The summed E-state index contributed by atoms with van der Waals surface area (Å²) in [5.74, 6) is -0.824. The normalized spacial score (nSPS) is 10.9. The van der Waals surface area contributed by atoms with E-state index in [1.54, 1.807) is 48.7 Å². The van der Waals surface area contributed by atoms with Crippen molar-refractivity contribution in [3.8, 4) is 28.4 Å². The van der Waals surface area contributed by atoms with Crippen molar-refractivity contribution in [2.75, 3.05) is 0 Å². The van der Waals surface area contributed by atoms with Crippen LogP contribution in [0.2, 0.25) is 15.1 Å². The number of hydrogen-bond acceptors (Lipinski definition) is 3. The van der Waals surface area contributed by atoms with Gasteiger partial charge in [-0.1, -0.05) is 46.9 Å². The first-order chi connectivity index (χ1) is 14.9. The van der Waals surface area contributed by atoms with Crippen LogP contribution in [0.15, 0.2) is 66.9 Å². The Hall–Kier alpha value is -2.73. The molecular weight excluding hydrogens is 465 g/mol. The topological polar surface area (TPSA) is 35.0 Å². The van der Waals surface area contributed by atoms with Crippen LogP contribution in [-0.4, -0.2) is 9.97 Å². The van der Waals surface area contributed by atoms with E-state index in [1.165, 1.54) is 6.07 Å². The molecular formula is C23H13Cl3F2N2O. The molecule has 0 N–H and O–H groups in total. The third kappa shape index (κ3) is 4.79. The Morgan fingerprint density at radius 3 is 2.39 bits per heavy atom. The number of hydrogen-bond donors (Lipinski definition) is 0. The predicted molar refractivity (Wildman–Crippen MR) is 119 cm³/mol. The van der Waals surface area contributed by atoms with Crippen LogP contribution in [-0.2, 0) is 6.61 Å². The minimum atomic E-state index is -0.714. The van der Waals surface area contributed by atoms with Gasteiger partial charge in [-0.3, -0.25) is 0 Å². The monoisotopic (exact) mass is 476 g/mol. The van der Waals surface area contributed by atoms with Crippen LogP contribution in [0.5, 0.6) is 5.88 Å². The molecule has 0 saturated carbocycles. The van der Waals surface area contributed by atoms with Gasteiger partial charge < -0.3 is 4.74 Å². The Balaban J connectivity index is 1.77. The lowest BCUT2D eigenvalue weighted by Gasteiger charge is -2.14. The molecule has 0 atom stereocenters. The number of aromatic nitrogens is 2. The van der Waals surface area contributed by atoms with E-state index in [9.17, 15) is 8.78 Å². The SMILES string of the molecule is Fc1ccc(COc2nc(-c3ccc(Cl)cc3)ncc2-c2cccc(Cl)c2Cl)c(F)c1. The van der Waals surface area contributed by atoms with Crippen molar-refractivity contribution >= 4 is 34.8 Å². The van der Waals surface area contributed by atoms with E-state index in [2.05, 4.69) is 9.97 Å². The molecule has 0 bridgehead atoms. The number of benzene rings is 3. The Morgan fingerprint density at radius 2 is 1.65 bits per heavy atom. The maximum absolute atomic E-state index is 14.1. The van der Waals surface area contributed by atoms with Gasteiger partial charge in [-0.15, -0.1) is 0 Å². The van der Waals surface area contributed by atoms with E-state index in [0.29, 0.717) is 37.6 Å². The fourth-order valence-corrected chi connectivity index (χ4v) is 3.42. The molecule has 31 heavy (non-hydrogen) atoms. The van der Waals surface area contributed by atoms with Crippen molar-refractivity contribution in [3.63, 3.8) is 0 Å². The molecule has 0 radical (unpaired) electrons. The molecule has 0 amide bonds. The molecule has 3 nitrogen and oxygen atoms in total. The highest BCUT2D eigenvalue weighted by Crippen LogP contribution is 2.38. The molecule has 4 aromatic rings. The summed E-state index contributed by atoms with van der Waals surface area (Å²) < 4.78 is 33.1. The summed E-state index contributed by atoms with van der Waals surface area (Å²) in [6, 6.07) is 15.4. The average molecular weight is 478 g/mol. The van der Waals surface area contributed by atoms with E-state index >= 15 is 0 Å². The molecule has 1 aromatic heterocycles. The second-order valence-corrected chi connectivity index (χ2v) is 7.77. The molecule has 0 spiro atoms. The minimum absolute atomic E-state index is 0.172. The molecule has 0 fully saturated rings. The lowest BCUT2D eigenvalue weighted by molar-refractivity contribution is 0.289. The van der Waals surface area contributed by atoms with Crippen LogP contribution in [0, 0.1) is 11.6 Å². The minimum Gasteiger partial charge on any atom is -0.472 e. The van der Waals surface area contributed by atoms with E-state index in [-0.39, 0.29) is 18.1 Å². The van der Waals surface area contributed by atoms with E-state index in [0.717, 1.165) is 12.1 Å². The van der Waals surface area contributed by atoms with Gasteiger partial charge in [0.15, 0.2) is 5.82 Å². The molecule has 3 aromatic carbocycles. The highest BCUT2D eigenvalue weighted by Gasteiger charge is 2.17. The first-order valence-corrected chi connectivity index (χ1v) is 10.2. The van der Waals surface area contributed by atoms with Gasteiger partial charge in [-0.25, -0.2) is 13.8 Å². The number of ether oxygens (including phenoxy) is 1. The van der Waals surface area contributed by atoms with Gasteiger partial charge in [-0.05, 0) is 42.5 Å². The standard InChI is InChI=1S/C23H13Cl3F2N2O/c24-15-7-4-13(5-8-15)22-29-11-18(17-2-1-3-19(25)21(17)26)23(30-22)31-12-14-6-9-16(27)10-20(14)28/h1-11H,12H2. The van der Waals surface area contributed by atoms with Crippen molar-refractivity contribution in [3.05, 3.63) is 99.1 Å². The van der Waals surface area contributed by atoms with E-state index in [4.69, 9.17) is 39.5 Å². The number of nitrogens with zero attached hydrogens (tertiary/aromatic N) is 2. The van der Waals surface area contributed by atoms with Crippen molar-refractivity contribution in [1.82, 2.24) is 9.97 Å². The van der Waals surface area contributed by atoms with Crippen LogP contribution in [0.4, 0.5) is 8.78 Å². The van der Waals surface area contributed by atoms with Crippen LogP contribution in [0.1, 0.15) is 5.56 Å². The van der Waals surface area contributed by atoms with Gasteiger partial charge in [0.1, 0.15) is 18.2 Å². The molecule has 8 heteroatoms. The van der Waals surface area contributed by atoms with Gasteiger partial charge in [0.25, 0.3) is 0 Å². The van der Waals surface area contributed by atoms with Gasteiger partial charge in [0.2, 0.25) is 5.88 Å². The zero-order valence-corrected chi connectivity index (χ0v) is 18.0. The zero-order chi connectivity index (χ0) is 22.0. The van der Waals surface area contributed by atoms with Crippen LogP contribution in [0.3, 0.4) is 0 Å². The Kier molecular flexibility index (Phi) is 6.37. The molecule has 4 rings (SSSR count). The molecule has 0 unspecified atom stereocenters. The summed E-state index contributed by atoms with van der Waals surface area (Å²) >= 11 is 18.5. The second kappa shape index (κ2) is 9.18. The van der Waals surface area contributed by atoms with Crippen molar-refractivity contribution in [2.45, 2.75) is 6.61 Å². The first-order valence-electron chi connectivity index (χ1n) is 9.06.